The number of para-hydroxylation sites is 1. The Bertz CT molecular complexity index is 554. The van der Waals surface area contributed by atoms with Crippen LogP contribution in [0.5, 0.6) is 5.75 Å². The number of halogens is 1. The average Bonchev–Trinajstić information content (AvgIpc) is 2.62. The summed E-state index contributed by atoms with van der Waals surface area (Å²) in [5.41, 5.74) is 1.85. The van der Waals surface area contributed by atoms with Crippen LogP contribution in [0.2, 0.25) is 5.15 Å². The molecule has 0 bridgehead atoms. The van der Waals surface area contributed by atoms with Crippen LogP contribution in [-0.4, -0.2) is 16.0 Å². The van der Waals surface area contributed by atoms with Crippen LogP contribution in [0.3, 0.4) is 0 Å². The largest absolute Gasteiger partial charge is 0.488 e. The molecule has 5 heteroatoms. The van der Waals surface area contributed by atoms with E-state index in [2.05, 4.69) is 5.10 Å². The van der Waals surface area contributed by atoms with Crippen LogP contribution >= 0.6 is 23.4 Å². The first kappa shape index (κ1) is 13.3. The molecule has 0 aliphatic rings. The fraction of sp³-hybridized carbons (Fsp3) is 0.308. The van der Waals surface area contributed by atoms with Gasteiger partial charge in [-0.3, -0.25) is 4.68 Å². The van der Waals surface area contributed by atoms with Gasteiger partial charge < -0.3 is 4.74 Å². The van der Waals surface area contributed by atoms with Gasteiger partial charge in [-0.15, -0.1) is 11.8 Å². The van der Waals surface area contributed by atoms with Gasteiger partial charge in [0.15, 0.2) is 0 Å². The molecule has 0 aliphatic heterocycles. The predicted octanol–water partition coefficient (Wildman–Crippen LogP) is 3.68. The molecular formula is C13H15ClN2OS. The molecule has 1 aromatic carbocycles. The van der Waals surface area contributed by atoms with Gasteiger partial charge in [0.25, 0.3) is 0 Å². The standard InChI is InChI=1S/C13H15ClN2OS/c1-9-10(13(14)16(2)15-9)8-17-11-6-4-5-7-12(11)18-3/h4-7H,8H2,1-3H3. The van der Waals surface area contributed by atoms with Crippen LogP contribution in [-0.2, 0) is 13.7 Å². The maximum Gasteiger partial charge on any atom is 0.133 e. The van der Waals surface area contributed by atoms with Gasteiger partial charge in [0, 0.05) is 17.5 Å². The summed E-state index contributed by atoms with van der Waals surface area (Å²) < 4.78 is 7.49. The lowest BCUT2D eigenvalue weighted by molar-refractivity contribution is 0.298. The van der Waals surface area contributed by atoms with Crippen molar-refractivity contribution in [2.75, 3.05) is 6.26 Å². The van der Waals surface area contributed by atoms with Crippen LogP contribution in [0.1, 0.15) is 11.3 Å². The summed E-state index contributed by atoms with van der Waals surface area (Å²) >= 11 is 7.83. The Morgan fingerprint density at radius 2 is 2.11 bits per heavy atom. The fourth-order valence-electron chi connectivity index (χ4n) is 1.73. The van der Waals surface area contributed by atoms with Crippen molar-refractivity contribution in [3.05, 3.63) is 40.7 Å². The minimum absolute atomic E-state index is 0.441. The maximum absolute atomic E-state index is 6.17. The van der Waals surface area contributed by atoms with Crippen LogP contribution in [0.15, 0.2) is 29.2 Å². The zero-order chi connectivity index (χ0) is 13.1. The Hall–Kier alpha value is -1.13. The molecule has 1 heterocycles. The summed E-state index contributed by atoms with van der Waals surface area (Å²) in [6.07, 6.45) is 2.03. The number of aromatic nitrogens is 2. The lowest BCUT2D eigenvalue weighted by Crippen LogP contribution is -1.98. The van der Waals surface area contributed by atoms with Crippen molar-refractivity contribution < 1.29 is 4.74 Å². The second-order valence-corrected chi connectivity index (χ2v) is 5.12. The van der Waals surface area contributed by atoms with E-state index in [0.29, 0.717) is 11.8 Å². The van der Waals surface area contributed by atoms with E-state index in [1.54, 1.807) is 16.4 Å². The zero-order valence-corrected chi connectivity index (χ0v) is 12.2. The average molecular weight is 283 g/mol. The number of ether oxygens (including phenoxy) is 1. The molecule has 0 unspecified atom stereocenters. The molecule has 0 spiro atoms. The molecule has 18 heavy (non-hydrogen) atoms. The van der Waals surface area contributed by atoms with Gasteiger partial charge in [-0.1, -0.05) is 23.7 Å². The van der Waals surface area contributed by atoms with Crippen LogP contribution < -0.4 is 4.74 Å². The van der Waals surface area contributed by atoms with Crippen LogP contribution in [0, 0.1) is 6.92 Å². The highest BCUT2D eigenvalue weighted by Gasteiger charge is 2.12. The van der Waals surface area contributed by atoms with Crippen molar-refractivity contribution in [1.29, 1.82) is 0 Å². The lowest BCUT2D eigenvalue weighted by atomic mass is 10.3. The molecule has 0 aliphatic carbocycles. The molecule has 0 fully saturated rings. The van der Waals surface area contributed by atoms with Crippen LogP contribution in [0.25, 0.3) is 0 Å². The SMILES string of the molecule is CSc1ccccc1OCc1c(C)nn(C)c1Cl. The summed E-state index contributed by atoms with van der Waals surface area (Å²) in [4.78, 5) is 1.12. The lowest BCUT2D eigenvalue weighted by Gasteiger charge is -2.09. The smallest absolute Gasteiger partial charge is 0.133 e. The molecule has 0 radical (unpaired) electrons. The van der Waals surface area contributed by atoms with E-state index < -0.39 is 0 Å². The van der Waals surface area contributed by atoms with Crippen molar-refractivity contribution in [2.45, 2.75) is 18.4 Å². The van der Waals surface area contributed by atoms with E-state index in [1.807, 2.05) is 44.5 Å². The molecule has 0 atom stereocenters. The summed E-state index contributed by atoms with van der Waals surface area (Å²) in [6.45, 7) is 2.38. The number of aryl methyl sites for hydroxylation is 2. The first-order valence-electron chi connectivity index (χ1n) is 5.57. The van der Waals surface area contributed by atoms with Gasteiger partial charge in [-0.2, -0.15) is 5.10 Å². The van der Waals surface area contributed by atoms with Gasteiger partial charge in [0.05, 0.1) is 5.69 Å². The molecule has 0 saturated heterocycles. The van der Waals surface area contributed by atoms with E-state index in [-0.39, 0.29) is 0 Å². The zero-order valence-electron chi connectivity index (χ0n) is 10.6. The molecule has 1 aromatic heterocycles. The van der Waals surface area contributed by atoms with E-state index in [1.165, 1.54) is 0 Å². The summed E-state index contributed by atoms with van der Waals surface area (Å²) in [7, 11) is 1.83. The first-order valence-corrected chi connectivity index (χ1v) is 7.17. The third-order valence-corrected chi connectivity index (χ3v) is 3.96. The number of hydrogen-bond acceptors (Lipinski definition) is 3. The van der Waals surface area contributed by atoms with Crippen molar-refractivity contribution in [1.82, 2.24) is 9.78 Å². The van der Waals surface area contributed by atoms with Crippen LogP contribution in [0.4, 0.5) is 0 Å². The molecule has 3 nitrogen and oxygen atoms in total. The quantitative estimate of drug-likeness (QED) is 0.801. The maximum atomic E-state index is 6.17. The fourth-order valence-corrected chi connectivity index (χ4v) is 2.50. The number of thioether (sulfide) groups is 1. The van der Waals surface area contributed by atoms with Crippen molar-refractivity contribution in [2.24, 2.45) is 7.05 Å². The minimum Gasteiger partial charge on any atom is -0.488 e. The third kappa shape index (κ3) is 2.65. The van der Waals surface area contributed by atoms with E-state index >= 15 is 0 Å². The molecule has 0 amide bonds. The van der Waals surface area contributed by atoms with E-state index in [9.17, 15) is 0 Å². The molecule has 2 rings (SSSR count). The third-order valence-electron chi connectivity index (χ3n) is 2.71. The molecule has 0 N–H and O–H groups in total. The van der Waals surface area contributed by atoms with Gasteiger partial charge in [0.1, 0.15) is 17.5 Å². The van der Waals surface area contributed by atoms with E-state index in [4.69, 9.17) is 16.3 Å². The second kappa shape index (κ2) is 5.67. The summed E-state index contributed by atoms with van der Waals surface area (Å²) in [6, 6.07) is 7.97. The minimum atomic E-state index is 0.441. The Balaban J connectivity index is 2.16. The number of rotatable bonds is 4. The molecule has 0 saturated carbocycles. The highest BCUT2D eigenvalue weighted by molar-refractivity contribution is 7.98. The Labute approximate surface area is 116 Å². The number of benzene rings is 1. The van der Waals surface area contributed by atoms with Crippen molar-refractivity contribution in [3.63, 3.8) is 0 Å². The predicted molar refractivity (Wildman–Crippen MR) is 75.5 cm³/mol. The summed E-state index contributed by atoms with van der Waals surface area (Å²) in [5.74, 6) is 0.879. The Kier molecular flexibility index (Phi) is 4.19. The first-order chi connectivity index (χ1) is 8.63. The Morgan fingerprint density at radius 1 is 1.39 bits per heavy atom. The summed E-state index contributed by atoms with van der Waals surface area (Å²) in [5, 5.41) is 4.90. The van der Waals surface area contributed by atoms with Crippen molar-refractivity contribution in [3.8, 4) is 5.75 Å². The normalized spacial score (nSPS) is 10.7. The highest BCUT2D eigenvalue weighted by Crippen LogP contribution is 2.28. The number of nitrogens with zero attached hydrogens (tertiary/aromatic N) is 2. The molecule has 96 valence electrons. The van der Waals surface area contributed by atoms with E-state index in [0.717, 1.165) is 21.9 Å². The monoisotopic (exact) mass is 282 g/mol. The van der Waals surface area contributed by atoms with Gasteiger partial charge in [-0.25, -0.2) is 0 Å². The molecular weight excluding hydrogens is 268 g/mol. The molecule has 2 aromatic rings. The highest BCUT2D eigenvalue weighted by atomic mass is 35.5. The topological polar surface area (TPSA) is 27.1 Å². The Morgan fingerprint density at radius 3 is 2.72 bits per heavy atom. The van der Waals surface area contributed by atoms with Gasteiger partial charge in [-0.05, 0) is 25.3 Å². The van der Waals surface area contributed by atoms with Crippen molar-refractivity contribution >= 4 is 23.4 Å². The van der Waals surface area contributed by atoms with Gasteiger partial charge >= 0.3 is 0 Å². The number of hydrogen-bond donors (Lipinski definition) is 0. The second-order valence-electron chi connectivity index (χ2n) is 3.92. The van der Waals surface area contributed by atoms with Gasteiger partial charge in [0.2, 0.25) is 0 Å².